The molecule has 2 rings (SSSR count). The first kappa shape index (κ1) is 25.6. The van der Waals surface area contributed by atoms with Gasteiger partial charge in [-0.2, -0.15) is 5.10 Å². The third-order valence-corrected chi connectivity index (χ3v) is 5.35. The molecule has 1 N–H and O–H groups in total. The second-order valence-corrected chi connectivity index (χ2v) is 8.24. The average molecular weight is 457 g/mol. The first-order valence-corrected chi connectivity index (χ1v) is 11.9. The fourth-order valence-electron chi connectivity index (χ4n) is 3.25. The smallest absolute Gasteiger partial charge is 0.343 e. The fraction of sp³-hybridized carbons (Fsp3) is 0.423. The van der Waals surface area contributed by atoms with E-state index in [1.807, 2.05) is 6.07 Å². The number of nitrogens with one attached hydrogen (secondary N) is 1. The van der Waals surface area contributed by atoms with Crippen LogP contribution in [0, 0.1) is 0 Å². The number of amides is 1. The summed E-state index contributed by atoms with van der Waals surface area (Å²) in [6.45, 7) is 2.23. The summed E-state index contributed by atoms with van der Waals surface area (Å²) in [4.78, 5) is 24.3. The van der Waals surface area contributed by atoms with Crippen LogP contribution in [0.25, 0.3) is 0 Å². The number of carbonyl (C=O) groups is 2. The molecule has 0 unspecified atom stereocenters. The monoisotopic (exact) mass is 456 g/mol. The van der Waals surface area contributed by atoms with Crippen molar-refractivity contribution < 1.29 is 14.3 Å². The maximum Gasteiger partial charge on any atom is 0.343 e. The lowest BCUT2D eigenvalue weighted by Gasteiger charge is -2.07. The number of hydrogen-bond donors (Lipinski definition) is 1. The lowest BCUT2D eigenvalue weighted by atomic mass is 10.1. The van der Waals surface area contributed by atoms with E-state index in [0.717, 1.165) is 12.8 Å². The highest BCUT2D eigenvalue weighted by atomic mass is 35.5. The third kappa shape index (κ3) is 10.1. The van der Waals surface area contributed by atoms with Gasteiger partial charge in [0.15, 0.2) is 0 Å². The molecule has 2 aromatic carbocycles. The van der Waals surface area contributed by atoms with Gasteiger partial charge in [-0.15, -0.1) is 0 Å². The number of esters is 1. The van der Waals surface area contributed by atoms with Gasteiger partial charge in [-0.3, -0.25) is 4.79 Å². The zero-order valence-corrected chi connectivity index (χ0v) is 19.6. The number of halogens is 1. The molecule has 0 bridgehead atoms. The van der Waals surface area contributed by atoms with Crippen LogP contribution in [0.15, 0.2) is 53.6 Å². The Morgan fingerprint density at radius 3 is 2.22 bits per heavy atom. The number of benzene rings is 2. The van der Waals surface area contributed by atoms with Crippen molar-refractivity contribution in [1.82, 2.24) is 5.43 Å². The number of para-hydroxylation sites is 1. The molecule has 0 saturated carbocycles. The molecule has 172 valence electrons. The standard InChI is InChI=1S/C26H33ClN2O3/c1-2-3-4-5-6-7-8-9-10-15-25(30)29-28-20-22-13-11-12-14-24(22)32-26(31)21-16-18-23(27)19-17-21/h11-14,16-20H,2-10,15H2,1H3,(H,29,30)/b28-20+. The van der Waals surface area contributed by atoms with Crippen LogP contribution in [0.4, 0.5) is 0 Å². The van der Waals surface area contributed by atoms with Crippen LogP contribution in [0.5, 0.6) is 5.75 Å². The lowest BCUT2D eigenvalue weighted by Crippen LogP contribution is -2.17. The summed E-state index contributed by atoms with van der Waals surface area (Å²) in [5.41, 5.74) is 3.54. The molecule has 0 fully saturated rings. The van der Waals surface area contributed by atoms with Gasteiger partial charge in [-0.05, 0) is 42.8 Å². The van der Waals surface area contributed by atoms with Crippen LogP contribution in [0.1, 0.15) is 87.1 Å². The summed E-state index contributed by atoms with van der Waals surface area (Å²) < 4.78 is 5.48. The Kier molecular flexibility index (Phi) is 12.2. The molecule has 0 atom stereocenters. The normalized spacial score (nSPS) is 10.9. The summed E-state index contributed by atoms with van der Waals surface area (Å²) in [7, 11) is 0. The molecule has 0 aliphatic carbocycles. The third-order valence-electron chi connectivity index (χ3n) is 5.10. The number of hydrogen-bond acceptors (Lipinski definition) is 4. The number of unbranched alkanes of at least 4 members (excludes halogenated alkanes) is 8. The van der Waals surface area contributed by atoms with E-state index in [1.54, 1.807) is 42.5 Å². The minimum absolute atomic E-state index is 0.111. The molecule has 0 heterocycles. The zero-order valence-electron chi connectivity index (χ0n) is 18.8. The summed E-state index contributed by atoms with van der Waals surface area (Å²) in [5.74, 6) is -0.235. The molecule has 0 aromatic heterocycles. The fourth-order valence-corrected chi connectivity index (χ4v) is 3.38. The SMILES string of the molecule is CCCCCCCCCCCC(=O)N/N=C/c1ccccc1OC(=O)c1ccc(Cl)cc1. The quantitative estimate of drug-likeness (QED) is 0.110. The van der Waals surface area contributed by atoms with Crippen molar-refractivity contribution in [3.05, 3.63) is 64.7 Å². The van der Waals surface area contributed by atoms with E-state index < -0.39 is 5.97 Å². The first-order chi connectivity index (χ1) is 15.6. The van der Waals surface area contributed by atoms with Crippen molar-refractivity contribution >= 4 is 29.7 Å². The summed E-state index contributed by atoms with van der Waals surface area (Å²) in [6, 6.07) is 13.5. The number of rotatable bonds is 14. The average Bonchev–Trinajstić information content (AvgIpc) is 2.79. The minimum Gasteiger partial charge on any atom is -0.422 e. The molecular weight excluding hydrogens is 424 g/mol. The van der Waals surface area contributed by atoms with Crippen LogP contribution in [-0.4, -0.2) is 18.1 Å². The van der Waals surface area contributed by atoms with E-state index in [9.17, 15) is 9.59 Å². The summed E-state index contributed by atoms with van der Waals surface area (Å²) in [6.07, 6.45) is 12.8. The van der Waals surface area contributed by atoms with Crippen molar-refractivity contribution in [2.45, 2.75) is 71.1 Å². The second kappa shape index (κ2) is 15.2. The van der Waals surface area contributed by atoms with Crippen LogP contribution >= 0.6 is 11.6 Å². The van der Waals surface area contributed by atoms with Crippen LogP contribution < -0.4 is 10.2 Å². The molecule has 0 aliphatic heterocycles. The zero-order chi connectivity index (χ0) is 23.0. The molecule has 0 radical (unpaired) electrons. The summed E-state index contributed by atoms with van der Waals surface area (Å²) >= 11 is 5.86. The Morgan fingerprint density at radius 1 is 0.906 bits per heavy atom. The Balaban J connectivity index is 1.71. The number of ether oxygens (including phenoxy) is 1. The van der Waals surface area contributed by atoms with Crippen LogP contribution in [0.3, 0.4) is 0 Å². The molecular formula is C26H33ClN2O3. The van der Waals surface area contributed by atoms with E-state index in [0.29, 0.717) is 28.3 Å². The number of hydrazone groups is 1. The topological polar surface area (TPSA) is 67.8 Å². The van der Waals surface area contributed by atoms with Gasteiger partial charge in [0.05, 0.1) is 11.8 Å². The van der Waals surface area contributed by atoms with Crippen molar-refractivity contribution in [2.75, 3.05) is 0 Å². The maximum absolute atomic E-state index is 12.3. The highest BCUT2D eigenvalue weighted by Crippen LogP contribution is 2.18. The van der Waals surface area contributed by atoms with Crippen molar-refractivity contribution in [3.8, 4) is 5.75 Å². The van der Waals surface area contributed by atoms with Crippen molar-refractivity contribution in [3.63, 3.8) is 0 Å². The van der Waals surface area contributed by atoms with Crippen molar-refractivity contribution in [2.24, 2.45) is 5.10 Å². The Hall–Kier alpha value is -2.66. The first-order valence-electron chi connectivity index (χ1n) is 11.5. The highest BCUT2D eigenvalue weighted by molar-refractivity contribution is 6.30. The largest absolute Gasteiger partial charge is 0.422 e. The van der Waals surface area contributed by atoms with Gasteiger partial charge in [0.2, 0.25) is 5.91 Å². The van der Waals surface area contributed by atoms with E-state index in [-0.39, 0.29) is 5.91 Å². The maximum atomic E-state index is 12.3. The van der Waals surface area contributed by atoms with Crippen LogP contribution in [-0.2, 0) is 4.79 Å². The predicted octanol–water partition coefficient (Wildman–Crippen LogP) is 6.93. The molecule has 32 heavy (non-hydrogen) atoms. The van der Waals surface area contributed by atoms with Gasteiger partial charge in [0.1, 0.15) is 5.75 Å². The van der Waals surface area contributed by atoms with E-state index in [1.165, 1.54) is 51.2 Å². The number of nitrogens with zero attached hydrogens (tertiary/aromatic N) is 1. The Morgan fingerprint density at radius 2 is 1.53 bits per heavy atom. The molecule has 2 aromatic rings. The summed E-state index contributed by atoms with van der Waals surface area (Å²) in [5, 5.41) is 4.57. The second-order valence-electron chi connectivity index (χ2n) is 7.81. The molecule has 6 heteroatoms. The van der Waals surface area contributed by atoms with Gasteiger partial charge in [0, 0.05) is 17.0 Å². The molecule has 0 saturated heterocycles. The van der Waals surface area contributed by atoms with Gasteiger partial charge in [-0.1, -0.05) is 82.0 Å². The lowest BCUT2D eigenvalue weighted by molar-refractivity contribution is -0.121. The number of carbonyl (C=O) groups excluding carboxylic acids is 2. The van der Waals surface area contributed by atoms with E-state index >= 15 is 0 Å². The van der Waals surface area contributed by atoms with E-state index in [2.05, 4.69) is 17.5 Å². The predicted molar refractivity (Wildman–Crippen MR) is 130 cm³/mol. The molecule has 5 nitrogen and oxygen atoms in total. The van der Waals surface area contributed by atoms with Gasteiger partial charge in [0.25, 0.3) is 0 Å². The molecule has 1 amide bonds. The van der Waals surface area contributed by atoms with E-state index in [4.69, 9.17) is 16.3 Å². The van der Waals surface area contributed by atoms with Crippen molar-refractivity contribution in [1.29, 1.82) is 0 Å². The Labute approximate surface area is 196 Å². The highest BCUT2D eigenvalue weighted by Gasteiger charge is 2.11. The van der Waals surface area contributed by atoms with Gasteiger partial charge in [-0.25, -0.2) is 10.2 Å². The van der Waals surface area contributed by atoms with Gasteiger partial charge >= 0.3 is 5.97 Å². The van der Waals surface area contributed by atoms with Gasteiger partial charge < -0.3 is 4.74 Å². The van der Waals surface area contributed by atoms with Crippen LogP contribution in [0.2, 0.25) is 5.02 Å². The Bertz CT molecular complexity index is 866. The minimum atomic E-state index is -0.489. The molecule has 0 aliphatic rings. The molecule has 0 spiro atoms.